The maximum Gasteiger partial charge on any atom is 0.292 e. The fraction of sp³-hybridized carbons (Fsp3) is 0.167. The molecule has 0 atom stereocenters. The molecular formula is C18H16N2O7. The van der Waals surface area contributed by atoms with Crippen LogP contribution in [0.4, 0.5) is 11.4 Å². The van der Waals surface area contributed by atoms with Gasteiger partial charge in [0.15, 0.2) is 5.78 Å². The number of nitro benzene ring substituents is 1. The predicted molar refractivity (Wildman–Crippen MR) is 95.2 cm³/mol. The van der Waals surface area contributed by atoms with Gasteiger partial charge >= 0.3 is 0 Å². The van der Waals surface area contributed by atoms with Gasteiger partial charge in [-0.1, -0.05) is 0 Å². The first-order valence-corrected chi connectivity index (χ1v) is 7.69. The number of Topliss-reactive ketones (excluding diaryl/α,β-unsaturated/α-hetero) is 2. The van der Waals surface area contributed by atoms with Crippen molar-refractivity contribution >= 4 is 28.8 Å². The Kier molecular flexibility index (Phi) is 6.21. The Morgan fingerprint density at radius 3 is 2.26 bits per heavy atom. The predicted octanol–water partition coefficient (Wildman–Crippen LogP) is 2.39. The van der Waals surface area contributed by atoms with Crippen molar-refractivity contribution in [1.82, 2.24) is 0 Å². The summed E-state index contributed by atoms with van der Waals surface area (Å²) in [6, 6.07) is 9.64. The van der Waals surface area contributed by atoms with Crippen molar-refractivity contribution in [2.24, 2.45) is 0 Å². The van der Waals surface area contributed by atoms with Crippen LogP contribution in [0.1, 0.15) is 16.8 Å². The van der Waals surface area contributed by atoms with E-state index in [2.05, 4.69) is 5.32 Å². The molecule has 0 aliphatic rings. The van der Waals surface area contributed by atoms with Gasteiger partial charge in [0, 0.05) is 11.6 Å². The monoisotopic (exact) mass is 372 g/mol. The van der Waals surface area contributed by atoms with Crippen LogP contribution in [0, 0.1) is 10.1 Å². The van der Waals surface area contributed by atoms with Crippen molar-refractivity contribution in [1.29, 1.82) is 0 Å². The summed E-state index contributed by atoms with van der Waals surface area (Å²) in [4.78, 5) is 46.3. The maximum atomic E-state index is 12.1. The lowest BCUT2D eigenvalue weighted by Crippen LogP contribution is -2.25. The van der Waals surface area contributed by atoms with Crippen LogP contribution in [-0.2, 0) is 9.59 Å². The Bertz CT molecular complexity index is 891. The van der Waals surface area contributed by atoms with Crippen LogP contribution in [0.15, 0.2) is 42.5 Å². The van der Waals surface area contributed by atoms with Gasteiger partial charge in [-0.05, 0) is 30.3 Å². The number of nitrogens with one attached hydrogen (secondary N) is 1. The number of methoxy groups -OCH3 is 2. The average molecular weight is 372 g/mol. The number of benzene rings is 2. The fourth-order valence-corrected chi connectivity index (χ4v) is 2.19. The van der Waals surface area contributed by atoms with Gasteiger partial charge in [-0.3, -0.25) is 24.5 Å². The number of hydrogen-bond acceptors (Lipinski definition) is 7. The number of ketones is 2. The van der Waals surface area contributed by atoms with Crippen LogP contribution < -0.4 is 14.8 Å². The molecule has 0 saturated carbocycles. The molecule has 9 heteroatoms. The molecule has 0 fully saturated rings. The zero-order chi connectivity index (χ0) is 20.0. The van der Waals surface area contributed by atoms with Gasteiger partial charge in [-0.15, -0.1) is 0 Å². The lowest BCUT2D eigenvalue weighted by molar-refractivity contribution is -0.384. The molecule has 9 nitrogen and oxygen atoms in total. The van der Waals surface area contributed by atoms with Gasteiger partial charge in [0.2, 0.25) is 5.78 Å². The van der Waals surface area contributed by atoms with Crippen LogP contribution in [-0.4, -0.2) is 36.6 Å². The Balaban J connectivity index is 2.05. The van der Waals surface area contributed by atoms with E-state index in [1.165, 1.54) is 32.4 Å². The molecular weight excluding hydrogens is 356 g/mol. The Morgan fingerprint density at radius 2 is 1.70 bits per heavy atom. The smallest absolute Gasteiger partial charge is 0.292 e. The second kappa shape index (κ2) is 8.56. The highest BCUT2D eigenvalue weighted by molar-refractivity contribution is 6.44. The number of nitro groups is 1. The lowest BCUT2D eigenvalue weighted by atomic mass is 10.1. The van der Waals surface area contributed by atoms with E-state index in [0.29, 0.717) is 5.75 Å². The normalized spacial score (nSPS) is 10.0. The van der Waals surface area contributed by atoms with Gasteiger partial charge in [-0.2, -0.15) is 0 Å². The SMILES string of the molecule is COc1ccc(C(=O)CC(=O)C(=O)Nc2ccc([N+](=O)[O-])cc2OC)cc1. The molecule has 140 valence electrons. The van der Waals surface area contributed by atoms with Crippen LogP contribution in [0.5, 0.6) is 11.5 Å². The summed E-state index contributed by atoms with van der Waals surface area (Å²) >= 11 is 0. The molecule has 0 heterocycles. The van der Waals surface area contributed by atoms with E-state index in [1.54, 1.807) is 12.1 Å². The van der Waals surface area contributed by atoms with Gasteiger partial charge < -0.3 is 14.8 Å². The van der Waals surface area contributed by atoms with Crippen LogP contribution in [0.2, 0.25) is 0 Å². The molecule has 2 aromatic carbocycles. The average Bonchev–Trinajstić information content (AvgIpc) is 2.67. The summed E-state index contributed by atoms with van der Waals surface area (Å²) in [6.45, 7) is 0. The molecule has 0 aliphatic heterocycles. The molecule has 1 amide bonds. The summed E-state index contributed by atoms with van der Waals surface area (Å²) < 4.78 is 9.96. The minimum atomic E-state index is -1.02. The maximum absolute atomic E-state index is 12.1. The fourth-order valence-electron chi connectivity index (χ4n) is 2.19. The van der Waals surface area contributed by atoms with Crippen molar-refractivity contribution in [2.75, 3.05) is 19.5 Å². The number of ether oxygens (including phenoxy) is 2. The van der Waals surface area contributed by atoms with Crippen LogP contribution in [0.3, 0.4) is 0 Å². The number of amides is 1. The molecule has 2 rings (SSSR count). The minimum Gasteiger partial charge on any atom is -0.497 e. The highest BCUT2D eigenvalue weighted by Crippen LogP contribution is 2.29. The Morgan fingerprint density at radius 1 is 1.04 bits per heavy atom. The topological polar surface area (TPSA) is 125 Å². The number of anilines is 1. The number of carbonyl (C=O) groups excluding carboxylic acids is 3. The minimum absolute atomic E-state index is 0.0202. The van der Waals surface area contributed by atoms with Crippen molar-refractivity contribution in [2.45, 2.75) is 6.42 Å². The van der Waals surface area contributed by atoms with Crippen molar-refractivity contribution in [3.8, 4) is 11.5 Å². The van der Waals surface area contributed by atoms with Gasteiger partial charge in [0.1, 0.15) is 11.5 Å². The summed E-state index contributed by atoms with van der Waals surface area (Å²) in [7, 11) is 2.75. The Hall–Kier alpha value is -3.75. The Labute approximate surface area is 154 Å². The van der Waals surface area contributed by atoms with Crippen molar-refractivity contribution in [3.05, 3.63) is 58.1 Å². The molecule has 0 radical (unpaired) electrons. The van der Waals surface area contributed by atoms with E-state index in [-0.39, 0.29) is 22.7 Å². The van der Waals surface area contributed by atoms with Crippen LogP contribution >= 0.6 is 0 Å². The molecule has 0 saturated heterocycles. The van der Waals surface area contributed by atoms with E-state index in [1.807, 2.05) is 0 Å². The summed E-state index contributed by atoms with van der Waals surface area (Å²) in [5, 5.41) is 13.1. The summed E-state index contributed by atoms with van der Waals surface area (Å²) in [5.41, 5.74) is 0.120. The largest absolute Gasteiger partial charge is 0.497 e. The number of rotatable bonds is 8. The summed E-state index contributed by atoms with van der Waals surface area (Å²) in [6.07, 6.45) is -0.618. The van der Waals surface area contributed by atoms with Crippen molar-refractivity contribution in [3.63, 3.8) is 0 Å². The first-order chi connectivity index (χ1) is 12.8. The third-order valence-corrected chi connectivity index (χ3v) is 3.63. The van der Waals surface area contributed by atoms with Crippen LogP contribution in [0.25, 0.3) is 0 Å². The van der Waals surface area contributed by atoms with E-state index in [4.69, 9.17) is 9.47 Å². The molecule has 0 spiro atoms. The quantitative estimate of drug-likeness (QED) is 0.248. The first kappa shape index (κ1) is 19.6. The number of hydrogen-bond donors (Lipinski definition) is 1. The highest BCUT2D eigenvalue weighted by Gasteiger charge is 2.21. The molecule has 1 N–H and O–H groups in total. The molecule has 0 bridgehead atoms. The highest BCUT2D eigenvalue weighted by atomic mass is 16.6. The van der Waals surface area contributed by atoms with Gasteiger partial charge in [-0.25, -0.2) is 0 Å². The van der Waals surface area contributed by atoms with E-state index in [0.717, 1.165) is 12.1 Å². The molecule has 2 aromatic rings. The van der Waals surface area contributed by atoms with E-state index in [9.17, 15) is 24.5 Å². The number of nitrogens with zero attached hydrogens (tertiary/aromatic N) is 1. The zero-order valence-electron chi connectivity index (χ0n) is 14.6. The third kappa shape index (κ3) is 4.88. The van der Waals surface area contributed by atoms with Gasteiger partial charge in [0.25, 0.3) is 11.6 Å². The van der Waals surface area contributed by atoms with E-state index >= 15 is 0 Å². The molecule has 0 aromatic heterocycles. The van der Waals surface area contributed by atoms with Crippen molar-refractivity contribution < 1.29 is 28.8 Å². The molecule has 0 unspecified atom stereocenters. The zero-order valence-corrected chi connectivity index (χ0v) is 14.6. The lowest BCUT2D eigenvalue weighted by Gasteiger charge is -2.09. The van der Waals surface area contributed by atoms with Gasteiger partial charge in [0.05, 0.1) is 37.3 Å². The number of non-ortho nitro benzene ring substituents is 1. The van der Waals surface area contributed by atoms with E-state index < -0.39 is 28.8 Å². The molecule has 0 aliphatic carbocycles. The first-order valence-electron chi connectivity index (χ1n) is 7.69. The second-order valence-electron chi connectivity index (χ2n) is 5.35. The third-order valence-electron chi connectivity index (χ3n) is 3.63. The summed E-state index contributed by atoms with van der Waals surface area (Å²) in [5.74, 6) is -1.92. The standard InChI is InChI=1S/C18H16N2O7/c1-26-13-6-3-11(4-7-13)15(21)10-16(22)18(23)19-14-8-5-12(20(24)25)9-17(14)27-2/h3-9H,10H2,1-2H3,(H,19,23). The molecule has 27 heavy (non-hydrogen) atoms. The second-order valence-corrected chi connectivity index (χ2v) is 5.35. The number of carbonyl (C=O) groups is 3.